The Morgan fingerprint density at radius 1 is 1.53 bits per heavy atom. The van der Waals surface area contributed by atoms with E-state index in [-0.39, 0.29) is 12.4 Å². The van der Waals surface area contributed by atoms with Gasteiger partial charge in [-0.3, -0.25) is 9.00 Å². The van der Waals surface area contributed by atoms with Gasteiger partial charge in [0.2, 0.25) is 0 Å². The Morgan fingerprint density at radius 3 is 2.47 bits per heavy atom. The summed E-state index contributed by atoms with van der Waals surface area (Å²) in [6.07, 6.45) is -4.42. The maximum Gasteiger partial charge on any atom is 0.411 e. The minimum atomic E-state index is -4.42. The number of hydrogen-bond donors (Lipinski definition) is 1. The molecule has 4 nitrogen and oxygen atoms in total. The Bertz CT molecular complexity index is 241. The van der Waals surface area contributed by atoms with Crippen LogP contribution in [0.15, 0.2) is 0 Å². The summed E-state index contributed by atoms with van der Waals surface area (Å²) in [5.74, 6) is -1.46. The number of carbonyl (C=O) groups is 1. The Hall–Kier alpha value is -0.630. The first-order valence-corrected chi connectivity index (χ1v) is 5.36. The molecule has 0 amide bonds. The number of hydrogen-bond acceptors (Lipinski definition) is 3. The van der Waals surface area contributed by atoms with Crippen molar-refractivity contribution in [3.63, 3.8) is 0 Å². The molecule has 0 aliphatic heterocycles. The van der Waals surface area contributed by atoms with Crippen LogP contribution in [0.2, 0.25) is 0 Å². The van der Waals surface area contributed by atoms with Crippen molar-refractivity contribution in [2.24, 2.45) is 0 Å². The second-order valence-electron chi connectivity index (χ2n) is 2.73. The minimum absolute atomic E-state index is 0.219. The van der Waals surface area contributed by atoms with Crippen LogP contribution in [0.3, 0.4) is 0 Å². The van der Waals surface area contributed by atoms with E-state index in [9.17, 15) is 22.2 Å². The standard InChI is InChI=1S/C7H11F3O4S/c1-5(6(11)12)15(13)3-2-14-4-7(8,9)10/h5H,2-4H2,1H3,(H,11,12). The monoisotopic (exact) mass is 248 g/mol. The van der Waals surface area contributed by atoms with Gasteiger partial charge in [-0.05, 0) is 6.92 Å². The minimum Gasteiger partial charge on any atom is -0.480 e. The van der Waals surface area contributed by atoms with Crippen molar-refractivity contribution >= 4 is 16.8 Å². The molecular formula is C7H11F3O4S. The molecule has 0 bridgehead atoms. The second kappa shape index (κ2) is 6.06. The molecule has 2 atom stereocenters. The molecular weight excluding hydrogens is 237 g/mol. The first-order chi connectivity index (χ1) is 6.74. The fourth-order valence-electron chi connectivity index (χ4n) is 0.618. The molecule has 1 N–H and O–H groups in total. The van der Waals surface area contributed by atoms with Crippen LogP contribution in [0.5, 0.6) is 0 Å². The molecule has 0 saturated heterocycles. The number of aliphatic carboxylic acids is 1. The van der Waals surface area contributed by atoms with Crippen LogP contribution in [0.25, 0.3) is 0 Å². The van der Waals surface area contributed by atoms with Gasteiger partial charge in [-0.2, -0.15) is 13.2 Å². The Morgan fingerprint density at radius 2 is 2.07 bits per heavy atom. The van der Waals surface area contributed by atoms with E-state index in [2.05, 4.69) is 4.74 Å². The van der Waals surface area contributed by atoms with Gasteiger partial charge >= 0.3 is 12.1 Å². The second-order valence-corrected chi connectivity index (χ2v) is 4.61. The van der Waals surface area contributed by atoms with Gasteiger partial charge in [0.15, 0.2) is 0 Å². The highest BCUT2D eigenvalue weighted by Crippen LogP contribution is 2.14. The predicted octanol–water partition coefficient (Wildman–Crippen LogP) is 0.787. The Kier molecular flexibility index (Phi) is 5.81. The average Bonchev–Trinajstić information content (AvgIpc) is 2.09. The van der Waals surface area contributed by atoms with Crippen molar-refractivity contribution in [1.29, 1.82) is 0 Å². The third kappa shape index (κ3) is 7.32. The highest BCUT2D eigenvalue weighted by Gasteiger charge is 2.27. The lowest BCUT2D eigenvalue weighted by Gasteiger charge is -2.08. The van der Waals surface area contributed by atoms with Crippen molar-refractivity contribution in [2.75, 3.05) is 19.0 Å². The van der Waals surface area contributed by atoms with Gasteiger partial charge in [-0.1, -0.05) is 0 Å². The molecule has 0 aromatic heterocycles. The van der Waals surface area contributed by atoms with Crippen LogP contribution in [0, 0.1) is 0 Å². The van der Waals surface area contributed by atoms with Crippen molar-refractivity contribution in [3.05, 3.63) is 0 Å². The summed E-state index contributed by atoms with van der Waals surface area (Å²) in [4.78, 5) is 10.3. The number of carboxylic acids is 1. The van der Waals surface area contributed by atoms with E-state index in [1.54, 1.807) is 0 Å². The number of alkyl halides is 3. The van der Waals surface area contributed by atoms with Crippen LogP contribution in [0.1, 0.15) is 6.92 Å². The number of carboxylic acid groups (broad SMARTS) is 1. The molecule has 0 rings (SSSR count). The van der Waals surface area contributed by atoms with Crippen LogP contribution in [-0.2, 0) is 20.3 Å². The summed E-state index contributed by atoms with van der Waals surface area (Å²) in [6, 6.07) is 0. The fraction of sp³-hybridized carbons (Fsp3) is 0.857. The molecule has 0 radical (unpaired) electrons. The van der Waals surface area contributed by atoms with Gasteiger partial charge in [0.05, 0.1) is 6.61 Å². The molecule has 0 fully saturated rings. The molecule has 0 aromatic rings. The van der Waals surface area contributed by atoms with Gasteiger partial charge in [0, 0.05) is 16.6 Å². The molecule has 8 heteroatoms. The van der Waals surface area contributed by atoms with Crippen LogP contribution in [0.4, 0.5) is 13.2 Å². The summed E-state index contributed by atoms with van der Waals surface area (Å²) in [6.45, 7) is -0.558. The van der Waals surface area contributed by atoms with Gasteiger partial charge in [0.25, 0.3) is 0 Å². The summed E-state index contributed by atoms with van der Waals surface area (Å²) in [5, 5.41) is 7.33. The number of halogens is 3. The zero-order chi connectivity index (χ0) is 12.1. The smallest absolute Gasteiger partial charge is 0.411 e. The fourth-order valence-corrected chi connectivity index (χ4v) is 1.48. The molecule has 2 unspecified atom stereocenters. The van der Waals surface area contributed by atoms with E-state index >= 15 is 0 Å². The molecule has 0 aromatic carbocycles. The molecule has 0 spiro atoms. The maximum absolute atomic E-state index is 11.6. The van der Waals surface area contributed by atoms with Gasteiger partial charge < -0.3 is 9.84 Å². The van der Waals surface area contributed by atoms with E-state index in [0.717, 1.165) is 0 Å². The van der Waals surface area contributed by atoms with E-state index in [4.69, 9.17) is 5.11 Å². The summed E-state index contributed by atoms with van der Waals surface area (Å²) in [7, 11) is -1.72. The Balaban J connectivity index is 3.69. The van der Waals surface area contributed by atoms with Crippen molar-refractivity contribution in [1.82, 2.24) is 0 Å². The zero-order valence-corrected chi connectivity index (χ0v) is 8.73. The summed E-state index contributed by atoms with van der Waals surface area (Å²) < 4.78 is 50.0. The van der Waals surface area contributed by atoms with Gasteiger partial charge in [-0.25, -0.2) is 0 Å². The van der Waals surface area contributed by atoms with Crippen LogP contribution in [-0.4, -0.2) is 45.7 Å². The average molecular weight is 248 g/mol. The maximum atomic E-state index is 11.6. The molecule has 0 aliphatic rings. The van der Waals surface area contributed by atoms with Crippen molar-refractivity contribution in [3.8, 4) is 0 Å². The normalized spacial score (nSPS) is 16.0. The molecule has 0 aliphatic carbocycles. The van der Waals surface area contributed by atoms with E-state index in [0.29, 0.717) is 0 Å². The SMILES string of the molecule is CC(C(=O)O)S(=O)CCOCC(F)(F)F. The quantitative estimate of drug-likeness (QED) is 0.706. The first kappa shape index (κ1) is 14.4. The van der Waals surface area contributed by atoms with Crippen molar-refractivity contribution in [2.45, 2.75) is 18.3 Å². The van der Waals surface area contributed by atoms with E-state index < -0.39 is 34.8 Å². The lowest BCUT2D eigenvalue weighted by Crippen LogP contribution is -2.26. The summed E-state index contributed by atoms with van der Waals surface area (Å²) in [5.41, 5.74) is 0. The largest absolute Gasteiger partial charge is 0.480 e. The summed E-state index contributed by atoms with van der Waals surface area (Å²) >= 11 is 0. The lowest BCUT2D eigenvalue weighted by molar-refractivity contribution is -0.172. The predicted molar refractivity (Wildman–Crippen MR) is 47.0 cm³/mol. The van der Waals surface area contributed by atoms with E-state index in [1.165, 1.54) is 6.92 Å². The molecule has 90 valence electrons. The number of ether oxygens (including phenoxy) is 1. The highest BCUT2D eigenvalue weighted by molar-refractivity contribution is 7.86. The third-order valence-electron chi connectivity index (χ3n) is 1.44. The Labute approximate surface area is 86.9 Å². The van der Waals surface area contributed by atoms with Gasteiger partial charge in [-0.15, -0.1) is 0 Å². The molecule has 0 heterocycles. The topological polar surface area (TPSA) is 63.6 Å². The van der Waals surface area contributed by atoms with Crippen LogP contribution >= 0.6 is 0 Å². The van der Waals surface area contributed by atoms with Crippen LogP contribution < -0.4 is 0 Å². The van der Waals surface area contributed by atoms with Crippen molar-refractivity contribution < 1.29 is 32.0 Å². The highest BCUT2D eigenvalue weighted by atomic mass is 32.2. The third-order valence-corrected chi connectivity index (χ3v) is 3.00. The van der Waals surface area contributed by atoms with E-state index in [1.807, 2.05) is 0 Å². The lowest BCUT2D eigenvalue weighted by atomic mass is 10.5. The molecule has 15 heavy (non-hydrogen) atoms. The van der Waals surface area contributed by atoms with Gasteiger partial charge in [0.1, 0.15) is 11.9 Å². The molecule has 0 saturated carbocycles. The number of rotatable bonds is 6. The first-order valence-electron chi connectivity index (χ1n) is 3.98. The zero-order valence-electron chi connectivity index (χ0n) is 7.91.